The van der Waals surface area contributed by atoms with Gasteiger partial charge in [-0.15, -0.1) is 11.3 Å². The lowest BCUT2D eigenvalue weighted by molar-refractivity contribution is 0.0975. The lowest BCUT2D eigenvalue weighted by atomic mass is 10.2. The molecule has 0 bridgehead atoms. The van der Waals surface area contributed by atoms with Crippen molar-refractivity contribution in [1.82, 2.24) is 24.6 Å². The van der Waals surface area contributed by atoms with Crippen LogP contribution in [0.5, 0.6) is 0 Å². The summed E-state index contributed by atoms with van der Waals surface area (Å²) in [5.74, 6) is 0.697. The van der Waals surface area contributed by atoms with Crippen molar-refractivity contribution in [1.29, 1.82) is 0 Å². The second-order valence-electron chi connectivity index (χ2n) is 6.39. The Morgan fingerprint density at radius 1 is 1.08 bits per heavy atom. The van der Waals surface area contributed by atoms with Gasteiger partial charge < -0.3 is 0 Å². The highest BCUT2D eigenvalue weighted by molar-refractivity contribution is 7.71. The average molecular weight is 390 g/mol. The van der Waals surface area contributed by atoms with Gasteiger partial charge in [-0.3, -0.25) is 14.9 Å². The molecule has 0 spiro atoms. The van der Waals surface area contributed by atoms with Gasteiger partial charge in [-0.1, -0.05) is 24.3 Å². The van der Waals surface area contributed by atoms with Crippen molar-refractivity contribution in [3.8, 4) is 10.7 Å². The Morgan fingerprint density at radius 2 is 1.85 bits per heavy atom. The Balaban J connectivity index is 1.34. The molecule has 0 atom stereocenters. The molecule has 3 aromatic rings. The minimum atomic E-state index is -0.125. The van der Waals surface area contributed by atoms with E-state index in [1.807, 2.05) is 34.3 Å². The zero-order valence-electron chi connectivity index (χ0n) is 14.3. The maximum absolute atomic E-state index is 13.8. The van der Waals surface area contributed by atoms with Gasteiger partial charge in [0.1, 0.15) is 5.82 Å². The molecule has 136 valence electrons. The number of rotatable bonds is 5. The first-order chi connectivity index (χ1) is 12.7. The fourth-order valence-electron chi connectivity index (χ4n) is 3.13. The molecule has 0 aliphatic carbocycles. The Bertz CT molecular complexity index is 910. The first-order valence-electron chi connectivity index (χ1n) is 8.58. The minimum Gasteiger partial charge on any atom is -0.296 e. The van der Waals surface area contributed by atoms with Crippen molar-refractivity contribution in [3.05, 3.63) is 57.9 Å². The van der Waals surface area contributed by atoms with E-state index in [4.69, 9.17) is 12.2 Å². The van der Waals surface area contributed by atoms with Crippen LogP contribution in [0.4, 0.5) is 4.39 Å². The normalized spacial score (nSPS) is 16.2. The molecule has 1 aliphatic heterocycles. The predicted octanol–water partition coefficient (Wildman–Crippen LogP) is 3.58. The Labute approximate surface area is 160 Å². The van der Waals surface area contributed by atoms with Crippen molar-refractivity contribution in [3.63, 3.8) is 0 Å². The van der Waals surface area contributed by atoms with Gasteiger partial charge in [0.25, 0.3) is 0 Å². The van der Waals surface area contributed by atoms with Gasteiger partial charge >= 0.3 is 0 Å². The Kier molecular flexibility index (Phi) is 5.26. The van der Waals surface area contributed by atoms with E-state index in [0.717, 1.165) is 42.4 Å². The lowest BCUT2D eigenvalue weighted by Gasteiger charge is -2.34. The van der Waals surface area contributed by atoms with Crippen molar-refractivity contribution in [2.75, 3.05) is 26.2 Å². The molecular formula is C18H20FN5S2. The van der Waals surface area contributed by atoms with Crippen molar-refractivity contribution < 1.29 is 4.39 Å². The Morgan fingerprint density at radius 3 is 2.58 bits per heavy atom. The van der Waals surface area contributed by atoms with Gasteiger partial charge in [0.05, 0.1) is 11.5 Å². The van der Waals surface area contributed by atoms with Crippen LogP contribution in [0.15, 0.2) is 41.8 Å². The van der Waals surface area contributed by atoms with E-state index in [0.29, 0.717) is 18.0 Å². The number of thiophene rings is 1. The smallest absolute Gasteiger partial charge is 0.217 e. The number of halogens is 1. The number of benzene rings is 1. The first kappa shape index (κ1) is 17.5. The van der Waals surface area contributed by atoms with E-state index >= 15 is 0 Å². The molecule has 1 aliphatic rings. The summed E-state index contributed by atoms with van der Waals surface area (Å²) in [4.78, 5) is 10.2. The number of aromatic nitrogens is 3. The largest absolute Gasteiger partial charge is 0.296 e. The maximum Gasteiger partial charge on any atom is 0.217 e. The molecule has 0 radical (unpaired) electrons. The maximum atomic E-state index is 13.8. The predicted molar refractivity (Wildman–Crippen MR) is 104 cm³/mol. The van der Waals surface area contributed by atoms with Gasteiger partial charge in [-0.25, -0.2) is 9.07 Å². The third-order valence-corrected chi connectivity index (χ3v) is 5.78. The van der Waals surface area contributed by atoms with E-state index in [-0.39, 0.29) is 5.82 Å². The van der Waals surface area contributed by atoms with Crippen LogP contribution in [-0.2, 0) is 13.2 Å². The van der Waals surface area contributed by atoms with E-state index in [9.17, 15) is 4.39 Å². The highest BCUT2D eigenvalue weighted by Crippen LogP contribution is 2.21. The summed E-state index contributed by atoms with van der Waals surface area (Å²) in [5.41, 5.74) is 0.761. The number of H-pyrrole nitrogens is 1. The van der Waals surface area contributed by atoms with Crippen LogP contribution in [0.25, 0.3) is 10.7 Å². The number of aromatic amines is 1. The molecule has 5 nitrogen and oxygen atoms in total. The van der Waals surface area contributed by atoms with Crippen LogP contribution in [-0.4, -0.2) is 50.7 Å². The molecule has 0 saturated carbocycles. The molecule has 2 aromatic heterocycles. The average Bonchev–Trinajstić information content (AvgIpc) is 3.29. The fraction of sp³-hybridized carbons (Fsp3) is 0.333. The summed E-state index contributed by atoms with van der Waals surface area (Å²) in [6.07, 6.45) is 0. The van der Waals surface area contributed by atoms with Crippen LogP contribution < -0.4 is 0 Å². The summed E-state index contributed by atoms with van der Waals surface area (Å²) in [6, 6.07) is 11.0. The van der Waals surface area contributed by atoms with Crippen molar-refractivity contribution >= 4 is 23.6 Å². The van der Waals surface area contributed by atoms with E-state index in [1.165, 1.54) is 6.07 Å². The molecule has 0 unspecified atom stereocenters. The first-order valence-corrected chi connectivity index (χ1v) is 9.87. The zero-order chi connectivity index (χ0) is 17.9. The number of nitrogens with zero attached hydrogens (tertiary/aromatic N) is 4. The molecule has 1 aromatic carbocycles. The summed E-state index contributed by atoms with van der Waals surface area (Å²) in [7, 11) is 0. The molecule has 1 fully saturated rings. The lowest BCUT2D eigenvalue weighted by Crippen LogP contribution is -2.46. The quantitative estimate of drug-likeness (QED) is 0.677. The zero-order valence-corrected chi connectivity index (χ0v) is 15.9. The van der Waals surface area contributed by atoms with Crippen LogP contribution in [0, 0.1) is 10.6 Å². The van der Waals surface area contributed by atoms with E-state index < -0.39 is 0 Å². The molecular weight excluding hydrogens is 369 g/mol. The van der Waals surface area contributed by atoms with Crippen LogP contribution >= 0.6 is 23.6 Å². The third kappa shape index (κ3) is 3.93. The molecule has 1 N–H and O–H groups in total. The van der Waals surface area contributed by atoms with Crippen LogP contribution in [0.2, 0.25) is 0 Å². The van der Waals surface area contributed by atoms with E-state index in [1.54, 1.807) is 17.4 Å². The fourth-order valence-corrected chi connectivity index (χ4v) is 3.99. The van der Waals surface area contributed by atoms with Gasteiger partial charge in [-0.05, 0) is 29.7 Å². The Hall–Kier alpha value is -1.87. The monoisotopic (exact) mass is 389 g/mol. The second kappa shape index (κ2) is 7.79. The van der Waals surface area contributed by atoms with Crippen molar-refractivity contribution in [2.24, 2.45) is 0 Å². The van der Waals surface area contributed by atoms with Gasteiger partial charge in [0.15, 0.2) is 5.82 Å². The van der Waals surface area contributed by atoms with Gasteiger partial charge in [0, 0.05) is 38.3 Å². The van der Waals surface area contributed by atoms with E-state index in [2.05, 4.69) is 19.9 Å². The summed E-state index contributed by atoms with van der Waals surface area (Å²) < 4.78 is 16.3. The number of piperazine rings is 1. The molecule has 4 rings (SSSR count). The number of nitrogens with one attached hydrogen (secondary N) is 1. The summed E-state index contributed by atoms with van der Waals surface area (Å²) in [6.45, 7) is 5.02. The number of hydrogen-bond donors (Lipinski definition) is 1. The summed E-state index contributed by atoms with van der Waals surface area (Å²) in [5, 5.41) is 5.32. The van der Waals surface area contributed by atoms with Gasteiger partial charge in [0.2, 0.25) is 4.77 Å². The SMILES string of the molecule is Fc1ccccc1CN1CCN(Cn2[nH]c(-c3cccs3)nc2=S)CC1. The molecule has 3 heterocycles. The molecule has 1 saturated heterocycles. The minimum absolute atomic E-state index is 0.125. The number of hydrogen-bond acceptors (Lipinski definition) is 5. The van der Waals surface area contributed by atoms with Crippen molar-refractivity contribution in [2.45, 2.75) is 13.2 Å². The molecule has 26 heavy (non-hydrogen) atoms. The van der Waals surface area contributed by atoms with Gasteiger partial charge in [-0.2, -0.15) is 4.98 Å². The third-order valence-electron chi connectivity index (χ3n) is 4.59. The standard InChI is InChI=1S/C18H20FN5S2/c19-15-5-2-1-4-14(15)12-22-7-9-23(10-8-22)13-24-18(25)20-17(21-24)16-6-3-11-26-16/h1-6,11H,7-10,12-13H2,(H,20,21,25). The highest BCUT2D eigenvalue weighted by atomic mass is 32.1. The molecule has 8 heteroatoms. The van der Waals surface area contributed by atoms with Crippen LogP contribution in [0.1, 0.15) is 5.56 Å². The highest BCUT2D eigenvalue weighted by Gasteiger charge is 2.19. The second-order valence-corrected chi connectivity index (χ2v) is 7.70. The molecule has 0 amide bonds. The van der Waals surface area contributed by atoms with Crippen LogP contribution in [0.3, 0.4) is 0 Å². The topological polar surface area (TPSA) is 40.1 Å². The summed E-state index contributed by atoms with van der Waals surface area (Å²) >= 11 is 7.03.